The largest absolute Gasteiger partial charge is 0.497 e. The summed E-state index contributed by atoms with van der Waals surface area (Å²) in [4.78, 5) is 49.3. The number of hydrogen-bond acceptors (Lipinski definition) is 6. The van der Waals surface area contributed by atoms with Crippen molar-refractivity contribution in [3.05, 3.63) is 78.9 Å². The van der Waals surface area contributed by atoms with Crippen LogP contribution in [0.4, 0.5) is 11.4 Å². The number of hydrogen-bond donors (Lipinski definition) is 1. The fourth-order valence-electron chi connectivity index (χ4n) is 7.71. The topological polar surface area (TPSA) is 99.6 Å². The minimum Gasteiger partial charge on any atom is -0.497 e. The molecule has 232 valence electrons. The van der Waals surface area contributed by atoms with Gasteiger partial charge in [-0.2, -0.15) is 0 Å². The highest BCUT2D eigenvalue weighted by atomic mass is 16.5. The number of likely N-dealkylation sites (tertiary alicyclic amines) is 1. The molecule has 2 fully saturated rings. The Hall–Kier alpha value is -3.95. The first-order valence-electron chi connectivity index (χ1n) is 15.6. The van der Waals surface area contributed by atoms with Gasteiger partial charge in [-0.25, -0.2) is 0 Å². The Balaban J connectivity index is 1.52. The van der Waals surface area contributed by atoms with Gasteiger partial charge >= 0.3 is 0 Å². The van der Waals surface area contributed by atoms with Crippen LogP contribution < -0.4 is 14.5 Å². The molecule has 44 heavy (non-hydrogen) atoms. The monoisotopic (exact) mass is 599 g/mol. The zero-order valence-corrected chi connectivity index (χ0v) is 25.8. The molecule has 7 atom stereocenters. The molecule has 2 aromatic carbocycles. The molecule has 0 radical (unpaired) electrons. The lowest BCUT2D eigenvalue weighted by Crippen LogP contribution is -2.60. The van der Waals surface area contributed by atoms with E-state index in [9.17, 15) is 19.5 Å². The van der Waals surface area contributed by atoms with Crippen molar-refractivity contribution >= 4 is 29.1 Å². The van der Waals surface area contributed by atoms with Crippen molar-refractivity contribution < 1.29 is 29.0 Å². The van der Waals surface area contributed by atoms with Crippen molar-refractivity contribution in [2.75, 3.05) is 36.6 Å². The second-order valence-corrected chi connectivity index (χ2v) is 12.2. The van der Waals surface area contributed by atoms with Gasteiger partial charge in [0.05, 0.1) is 37.2 Å². The standard InChI is InChI=1S/C35H41N3O6/c1-5-23(3)27(22-39)38-30-33(42)37(25-14-16-26(43-4)17-15-25)21-11-19-35(30)29(32(38)41)28-31(40)36(24-12-8-7-9-13-24)20-10-18-34(28,6-2)44-35/h7-19,23,27-30,39H,5-6,20-22H2,1-4H3/t23-,27-,28-,29-,30?,34+,35-/m0/s1. The third kappa shape index (κ3) is 4.39. The van der Waals surface area contributed by atoms with Crippen LogP contribution >= 0.6 is 0 Å². The number of fused-ring (bicyclic) bond motifs is 2. The van der Waals surface area contributed by atoms with Gasteiger partial charge in [-0.05, 0) is 48.7 Å². The molecule has 0 saturated carbocycles. The van der Waals surface area contributed by atoms with E-state index in [0.29, 0.717) is 30.8 Å². The molecule has 3 amide bonds. The highest BCUT2D eigenvalue weighted by Crippen LogP contribution is 2.59. The number of rotatable bonds is 8. The lowest BCUT2D eigenvalue weighted by Gasteiger charge is -2.42. The van der Waals surface area contributed by atoms with Gasteiger partial charge in [0.25, 0.3) is 5.91 Å². The smallest absolute Gasteiger partial charge is 0.253 e. The number of para-hydroxylation sites is 1. The van der Waals surface area contributed by atoms with Crippen LogP contribution in [-0.2, 0) is 19.1 Å². The van der Waals surface area contributed by atoms with Gasteiger partial charge in [-0.1, -0.05) is 69.7 Å². The van der Waals surface area contributed by atoms with Crippen LogP contribution in [0.3, 0.4) is 0 Å². The summed E-state index contributed by atoms with van der Waals surface area (Å²) >= 11 is 0. The maximum Gasteiger partial charge on any atom is 0.253 e. The van der Waals surface area contributed by atoms with Gasteiger partial charge in [0.1, 0.15) is 17.4 Å². The summed E-state index contributed by atoms with van der Waals surface area (Å²) in [6.07, 6.45) is 8.74. The van der Waals surface area contributed by atoms with E-state index in [0.717, 1.165) is 5.69 Å². The van der Waals surface area contributed by atoms with E-state index in [1.165, 1.54) is 0 Å². The summed E-state index contributed by atoms with van der Waals surface area (Å²) in [5.74, 6) is -2.11. The first-order chi connectivity index (χ1) is 21.3. The Morgan fingerprint density at radius 1 is 0.886 bits per heavy atom. The number of anilines is 2. The highest BCUT2D eigenvalue weighted by molar-refractivity contribution is 6.07. The number of carbonyl (C=O) groups is 3. The molecule has 4 aliphatic rings. The predicted molar refractivity (Wildman–Crippen MR) is 167 cm³/mol. The van der Waals surface area contributed by atoms with E-state index in [1.807, 2.05) is 87.5 Å². The van der Waals surface area contributed by atoms with E-state index in [4.69, 9.17) is 9.47 Å². The maximum atomic E-state index is 14.9. The number of benzene rings is 2. The van der Waals surface area contributed by atoms with Gasteiger partial charge in [0, 0.05) is 24.5 Å². The van der Waals surface area contributed by atoms with Crippen molar-refractivity contribution in [3.8, 4) is 5.75 Å². The highest BCUT2D eigenvalue weighted by Gasteiger charge is 2.76. The zero-order chi connectivity index (χ0) is 31.2. The second-order valence-electron chi connectivity index (χ2n) is 12.2. The van der Waals surface area contributed by atoms with Crippen molar-refractivity contribution in [1.82, 2.24) is 4.90 Å². The third-order valence-electron chi connectivity index (χ3n) is 10.2. The van der Waals surface area contributed by atoms with Gasteiger partial charge in [0.2, 0.25) is 11.8 Å². The van der Waals surface area contributed by atoms with Crippen LogP contribution in [0.25, 0.3) is 0 Å². The summed E-state index contributed by atoms with van der Waals surface area (Å²) in [6.45, 7) is 6.22. The maximum absolute atomic E-state index is 14.9. The molecule has 2 saturated heterocycles. The van der Waals surface area contributed by atoms with Gasteiger partial charge in [-0.3, -0.25) is 14.4 Å². The fourth-order valence-corrected chi connectivity index (χ4v) is 7.71. The van der Waals surface area contributed by atoms with E-state index < -0.39 is 35.1 Å². The van der Waals surface area contributed by atoms with Gasteiger partial charge < -0.3 is 29.3 Å². The molecular formula is C35H41N3O6. The fraction of sp³-hybridized carbons (Fsp3) is 0.457. The molecular weight excluding hydrogens is 558 g/mol. The van der Waals surface area contributed by atoms with Crippen LogP contribution in [0.15, 0.2) is 78.9 Å². The van der Waals surface area contributed by atoms with E-state index in [2.05, 4.69) is 0 Å². The molecule has 9 nitrogen and oxygen atoms in total. The zero-order valence-electron chi connectivity index (χ0n) is 25.8. The van der Waals surface area contributed by atoms with Crippen molar-refractivity contribution in [2.45, 2.75) is 56.9 Å². The molecule has 0 aromatic heterocycles. The van der Waals surface area contributed by atoms with Crippen molar-refractivity contribution in [2.24, 2.45) is 17.8 Å². The number of amides is 3. The Morgan fingerprint density at radius 2 is 1.52 bits per heavy atom. The van der Waals surface area contributed by atoms with Crippen molar-refractivity contribution in [3.63, 3.8) is 0 Å². The second kappa shape index (κ2) is 11.5. The third-order valence-corrected chi connectivity index (χ3v) is 10.2. The van der Waals surface area contributed by atoms with Crippen LogP contribution in [0.5, 0.6) is 5.75 Å². The summed E-state index contributed by atoms with van der Waals surface area (Å²) in [5.41, 5.74) is -1.10. The lowest BCUT2D eigenvalue weighted by molar-refractivity contribution is -0.150. The molecule has 2 aromatic rings. The number of ether oxygens (including phenoxy) is 2. The predicted octanol–water partition coefficient (Wildman–Crippen LogP) is 3.97. The van der Waals surface area contributed by atoms with Crippen LogP contribution in [0.2, 0.25) is 0 Å². The number of carbonyl (C=O) groups excluding carboxylic acids is 3. The molecule has 1 spiro atoms. The van der Waals surface area contributed by atoms with E-state index in [-0.39, 0.29) is 36.8 Å². The molecule has 1 unspecified atom stereocenters. The molecule has 0 bridgehead atoms. The normalized spacial score (nSPS) is 30.9. The molecule has 4 aliphatic heterocycles. The molecule has 4 heterocycles. The summed E-state index contributed by atoms with van der Waals surface area (Å²) in [6, 6.07) is 14.9. The summed E-state index contributed by atoms with van der Waals surface area (Å²) < 4.78 is 12.4. The van der Waals surface area contributed by atoms with E-state index >= 15 is 0 Å². The number of nitrogens with zero attached hydrogens (tertiary/aromatic N) is 3. The minimum absolute atomic E-state index is 0.101. The van der Waals surface area contributed by atoms with Crippen LogP contribution in [0, 0.1) is 17.8 Å². The summed E-state index contributed by atoms with van der Waals surface area (Å²) in [7, 11) is 1.59. The Bertz CT molecular complexity index is 1480. The molecule has 0 aliphatic carbocycles. The van der Waals surface area contributed by atoms with Crippen molar-refractivity contribution in [1.29, 1.82) is 0 Å². The van der Waals surface area contributed by atoms with Gasteiger partial charge in [-0.15, -0.1) is 0 Å². The Morgan fingerprint density at radius 3 is 2.14 bits per heavy atom. The van der Waals surface area contributed by atoms with E-state index in [1.54, 1.807) is 33.9 Å². The first kappa shape index (κ1) is 30.1. The summed E-state index contributed by atoms with van der Waals surface area (Å²) in [5, 5.41) is 10.7. The van der Waals surface area contributed by atoms with Crippen LogP contribution in [-0.4, -0.2) is 77.8 Å². The average molecular weight is 600 g/mol. The average Bonchev–Trinajstić information content (AvgIpc) is 3.34. The number of methoxy groups -OCH3 is 1. The minimum atomic E-state index is -1.41. The number of aliphatic hydroxyl groups is 1. The Kier molecular flexibility index (Phi) is 7.88. The SMILES string of the molecule is CC[C@H](C)[C@H](CO)N1C(=O)[C@@H]2[C@H]3C(=O)N(c4ccccc4)CC=C[C@@]3(CC)O[C@@]23C=CCN(c2ccc(OC)cc2)C(=O)C13. The molecule has 1 N–H and O–H groups in total. The molecule has 9 heteroatoms. The van der Waals surface area contributed by atoms with Gasteiger partial charge in [0.15, 0.2) is 0 Å². The quantitative estimate of drug-likeness (QED) is 0.461. The first-order valence-corrected chi connectivity index (χ1v) is 15.6. The Labute approximate surface area is 258 Å². The lowest BCUT2D eigenvalue weighted by atomic mass is 9.73. The number of aliphatic hydroxyl groups excluding tert-OH is 1. The molecule has 6 rings (SSSR count). The van der Waals surface area contributed by atoms with Crippen LogP contribution in [0.1, 0.15) is 33.6 Å².